The van der Waals surface area contributed by atoms with E-state index in [0.29, 0.717) is 24.3 Å². The summed E-state index contributed by atoms with van der Waals surface area (Å²) in [5, 5.41) is 9.76. The molecule has 0 heterocycles. The number of anilines is 1. The van der Waals surface area contributed by atoms with Crippen LogP contribution in [0, 0.1) is 5.82 Å². The van der Waals surface area contributed by atoms with Gasteiger partial charge >= 0.3 is 0 Å². The first-order chi connectivity index (χ1) is 7.81. The van der Waals surface area contributed by atoms with Gasteiger partial charge in [0.1, 0.15) is 5.82 Å². The molecule has 1 rings (SSSR count). The monoisotopic (exact) mass is 240 g/mol. The van der Waals surface area contributed by atoms with E-state index in [4.69, 9.17) is 5.73 Å². The minimum absolute atomic E-state index is 0.292. The maximum atomic E-state index is 13.6. The molecule has 1 aromatic rings. The van der Waals surface area contributed by atoms with Crippen LogP contribution in [0.4, 0.5) is 10.1 Å². The number of likely N-dealkylation sites (N-methyl/N-ethyl adjacent to an activating group) is 1. The highest BCUT2D eigenvalue weighted by atomic mass is 19.1. The van der Waals surface area contributed by atoms with E-state index in [0.717, 1.165) is 6.54 Å². The van der Waals surface area contributed by atoms with Crippen LogP contribution >= 0.6 is 0 Å². The zero-order valence-corrected chi connectivity index (χ0v) is 10.7. The van der Waals surface area contributed by atoms with Crippen LogP contribution in [0.1, 0.15) is 26.3 Å². The third kappa shape index (κ3) is 4.71. The second kappa shape index (κ2) is 5.47. The summed E-state index contributed by atoms with van der Waals surface area (Å²) in [5.41, 5.74) is 5.75. The number of benzene rings is 1. The summed E-state index contributed by atoms with van der Waals surface area (Å²) < 4.78 is 13.6. The van der Waals surface area contributed by atoms with Gasteiger partial charge in [-0.25, -0.2) is 4.39 Å². The van der Waals surface area contributed by atoms with Gasteiger partial charge in [-0.05, 0) is 32.5 Å². The lowest BCUT2D eigenvalue weighted by Crippen LogP contribution is -2.38. The van der Waals surface area contributed by atoms with Crippen LogP contribution in [0.5, 0.6) is 0 Å². The second-order valence-electron chi connectivity index (χ2n) is 4.97. The van der Waals surface area contributed by atoms with Gasteiger partial charge in [0.2, 0.25) is 0 Å². The Morgan fingerprint density at radius 1 is 1.41 bits per heavy atom. The lowest BCUT2D eigenvalue weighted by Gasteiger charge is -2.28. The summed E-state index contributed by atoms with van der Waals surface area (Å²) in [7, 11) is 0. The van der Waals surface area contributed by atoms with Crippen LogP contribution in [0.15, 0.2) is 18.2 Å². The van der Waals surface area contributed by atoms with Crippen LogP contribution in [-0.2, 0) is 6.54 Å². The average Bonchev–Trinajstić information content (AvgIpc) is 2.19. The Morgan fingerprint density at radius 2 is 2.06 bits per heavy atom. The Hall–Kier alpha value is -1.13. The van der Waals surface area contributed by atoms with Crippen LogP contribution in [0.3, 0.4) is 0 Å². The summed E-state index contributed by atoms with van der Waals surface area (Å²) in [6, 6.07) is 4.71. The van der Waals surface area contributed by atoms with E-state index >= 15 is 0 Å². The molecule has 0 unspecified atom stereocenters. The first kappa shape index (κ1) is 13.9. The van der Waals surface area contributed by atoms with E-state index < -0.39 is 5.60 Å². The lowest BCUT2D eigenvalue weighted by molar-refractivity contribution is 0.0350. The predicted molar refractivity (Wildman–Crippen MR) is 68.1 cm³/mol. The van der Waals surface area contributed by atoms with Crippen LogP contribution in [-0.4, -0.2) is 28.7 Å². The number of halogens is 1. The van der Waals surface area contributed by atoms with Crippen molar-refractivity contribution in [3.8, 4) is 0 Å². The average molecular weight is 240 g/mol. The van der Waals surface area contributed by atoms with Crippen molar-refractivity contribution in [2.75, 3.05) is 18.8 Å². The molecule has 0 saturated heterocycles. The number of hydrogen-bond acceptors (Lipinski definition) is 3. The number of rotatable bonds is 5. The lowest BCUT2D eigenvalue weighted by atomic mass is 10.1. The van der Waals surface area contributed by atoms with E-state index in [1.165, 1.54) is 6.07 Å². The minimum Gasteiger partial charge on any atom is -0.399 e. The van der Waals surface area contributed by atoms with Gasteiger partial charge in [-0.15, -0.1) is 0 Å². The van der Waals surface area contributed by atoms with E-state index in [1.807, 2.05) is 11.8 Å². The molecule has 1 aromatic carbocycles. The molecule has 4 heteroatoms. The fraction of sp³-hybridized carbons (Fsp3) is 0.538. The summed E-state index contributed by atoms with van der Waals surface area (Å²) in [6.07, 6.45) is 0. The van der Waals surface area contributed by atoms with Gasteiger partial charge in [-0.3, -0.25) is 4.90 Å². The summed E-state index contributed by atoms with van der Waals surface area (Å²) in [6.45, 7) is 7.22. The first-order valence-electron chi connectivity index (χ1n) is 5.80. The SMILES string of the molecule is CCN(Cc1ccc(N)cc1F)CC(C)(C)O. The van der Waals surface area contributed by atoms with Gasteiger partial charge in [0.05, 0.1) is 5.60 Å². The fourth-order valence-corrected chi connectivity index (χ4v) is 1.76. The summed E-state index contributed by atoms with van der Waals surface area (Å²) >= 11 is 0. The van der Waals surface area contributed by atoms with Crippen LogP contribution < -0.4 is 5.73 Å². The number of nitrogens with zero attached hydrogens (tertiary/aromatic N) is 1. The largest absolute Gasteiger partial charge is 0.399 e. The molecule has 0 atom stereocenters. The third-order valence-corrected chi connectivity index (χ3v) is 2.53. The number of hydrogen-bond donors (Lipinski definition) is 2. The van der Waals surface area contributed by atoms with E-state index in [1.54, 1.807) is 26.0 Å². The zero-order chi connectivity index (χ0) is 13.1. The van der Waals surface area contributed by atoms with E-state index in [-0.39, 0.29) is 5.82 Å². The Kier molecular flexibility index (Phi) is 4.48. The summed E-state index contributed by atoms with van der Waals surface area (Å²) in [4.78, 5) is 1.99. The van der Waals surface area contributed by atoms with Crippen molar-refractivity contribution in [1.29, 1.82) is 0 Å². The van der Waals surface area contributed by atoms with Crippen molar-refractivity contribution in [2.45, 2.75) is 32.9 Å². The molecule has 0 aliphatic heterocycles. The van der Waals surface area contributed by atoms with Gasteiger partial charge in [-0.2, -0.15) is 0 Å². The molecule has 0 spiro atoms. The molecule has 0 bridgehead atoms. The fourth-order valence-electron chi connectivity index (χ4n) is 1.76. The van der Waals surface area contributed by atoms with Crippen molar-refractivity contribution in [3.63, 3.8) is 0 Å². The Bertz CT molecular complexity index is 374. The smallest absolute Gasteiger partial charge is 0.129 e. The standard InChI is InChI=1S/C13H21FN2O/c1-4-16(9-13(2,3)17)8-10-5-6-11(15)7-12(10)14/h5-7,17H,4,8-9,15H2,1-3H3. The molecule has 3 N–H and O–H groups in total. The predicted octanol–water partition coefficient (Wildman–Crippen LogP) is 2.00. The second-order valence-corrected chi connectivity index (χ2v) is 4.97. The van der Waals surface area contributed by atoms with Crippen molar-refractivity contribution >= 4 is 5.69 Å². The molecule has 0 saturated carbocycles. The van der Waals surface area contributed by atoms with Gasteiger partial charge in [0.25, 0.3) is 0 Å². The van der Waals surface area contributed by atoms with Crippen molar-refractivity contribution in [3.05, 3.63) is 29.6 Å². The minimum atomic E-state index is -0.777. The Labute approximate surface area is 102 Å². The number of nitrogens with two attached hydrogens (primary N) is 1. The third-order valence-electron chi connectivity index (χ3n) is 2.53. The maximum absolute atomic E-state index is 13.6. The van der Waals surface area contributed by atoms with Gasteiger partial charge in [-0.1, -0.05) is 13.0 Å². The first-order valence-corrected chi connectivity index (χ1v) is 5.80. The molecule has 17 heavy (non-hydrogen) atoms. The molecule has 0 fully saturated rings. The molecule has 3 nitrogen and oxygen atoms in total. The van der Waals surface area contributed by atoms with Gasteiger partial charge in [0, 0.05) is 24.3 Å². The maximum Gasteiger partial charge on any atom is 0.129 e. The van der Waals surface area contributed by atoms with Gasteiger partial charge in [0.15, 0.2) is 0 Å². The molecule has 0 aliphatic carbocycles. The highest BCUT2D eigenvalue weighted by Crippen LogP contribution is 2.15. The number of nitrogen functional groups attached to an aromatic ring is 1. The highest BCUT2D eigenvalue weighted by Gasteiger charge is 2.18. The summed E-state index contributed by atoms with van der Waals surface area (Å²) in [5.74, 6) is -0.292. The Morgan fingerprint density at radius 3 is 2.53 bits per heavy atom. The molecular formula is C13H21FN2O. The van der Waals surface area contributed by atoms with Crippen molar-refractivity contribution < 1.29 is 9.50 Å². The van der Waals surface area contributed by atoms with Crippen molar-refractivity contribution in [2.24, 2.45) is 0 Å². The van der Waals surface area contributed by atoms with E-state index in [9.17, 15) is 9.50 Å². The quantitative estimate of drug-likeness (QED) is 0.774. The zero-order valence-electron chi connectivity index (χ0n) is 10.7. The molecule has 0 aromatic heterocycles. The normalized spacial score (nSPS) is 12.1. The van der Waals surface area contributed by atoms with Crippen LogP contribution in [0.2, 0.25) is 0 Å². The van der Waals surface area contributed by atoms with Crippen molar-refractivity contribution in [1.82, 2.24) is 4.90 Å². The van der Waals surface area contributed by atoms with E-state index in [2.05, 4.69) is 0 Å². The van der Waals surface area contributed by atoms with Gasteiger partial charge < -0.3 is 10.8 Å². The molecule has 0 radical (unpaired) electrons. The van der Waals surface area contributed by atoms with Crippen LogP contribution in [0.25, 0.3) is 0 Å². The highest BCUT2D eigenvalue weighted by molar-refractivity contribution is 5.40. The molecule has 0 amide bonds. The Balaban J connectivity index is 2.74. The topological polar surface area (TPSA) is 49.5 Å². The molecule has 96 valence electrons. The molecular weight excluding hydrogens is 219 g/mol. The molecule has 0 aliphatic rings. The number of aliphatic hydroxyl groups is 1.